The maximum Gasteiger partial charge on any atom is 0.348 e. The van der Waals surface area contributed by atoms with Gasteiger partial charge in [0.15, 0.2) is 0 Å². The molecule has 0 spiro atoms. The second-order valence-corrected chi connectivity index (χ2v) is 5.08. The third kappa shape index (κ3) is 3.08. The quantitative estimate of drug-likeness (QED) is 0.840. The largest absolute Gasteiger partial charge is 0.465 e. The van der Waals surface area contributed by atoms with Crippen LogP contribution in [0.4, 0.5) is 0 Å². The van der Waals surface area contributed by atoms with E-state index in [1.165, 1.54) is 7.11 Å². The monoisotopic (exact) mass is 269 g/mol. The fraction of sp³-hybridized carbons (Fsp3) is 0.500. The fourth-order valence-corrected chi connectivity index (χ4v) is 2.61. The lowest BCUT2D eigenvalue weighted by Crippen LogP contribution is -2.31. The molecule has 1 fully saturated rings. The molecular weight excluding hydrogens is 254 g/mol. The Bertz CT molecular complexity index is 437. The van der Waals surface area contributed by atoms with Crippen LogP contribution in [0.3, 0.4) is 0 Å². The van der Waals surface area contributed by atoms with Gasteiger partial charge in [-0.15, -0.1) is 11.3 Å². The molecule has 2 rings (SSSR count). The summed E-state index contributed by atoms with van der Waals surface area (Å²) in [5, 5.41) is 2.81. The molecule has 1 aliphatic rings. The number of carbonyl (C=O) groups is 2. The summed E-state index contributed by atoms with van der Waals surface area (Å²) in [6.07, 6.45) is 2.15. The summed E-state index contributed by atoms with van der Waals surface area (Å²) in [4.78, 5) is 24.0. The highest BCUT2D eigenvalue weighted by atomic mass is 32.1. The first-order valence-electron chi connectivity index (χ1n) is 5.78. The van der Waals surface area contributed by atoms with E-state index < -0.39 is 5.97 Å². The molecule has 0 saturated carbocycles. The molecule has 6 heteroatoms. The third-order valence-corrected chi connectivity index (χ3v) is 3.79. The Labute approximate surface area is 109 Å². The second kappa shape index (κ2) is 5.97. The molecule has 98 valence electrons. The Kier molecular flexibility index (Phi) is 4.33. The normalized spacial score (nSPS) is 18.6. The van der Waals surface area contributed by atoms with E-state index in [0.717, 1.165) is 30.8 Å². The number of hydrogen-bond acceptors (Lipinski definition) is 5. The van der Waals surface area contributed by atoms with Crippen molar-refractivity contribution in [3.8, 4) is 0 Å². The molecule has 2 heterocycles. The number of esters is 1. The number of nitrogens with one attached hydrogen (secondary N) is 1. The number of methoxy groups -OCH3 is 1. The van der Waals surface area contributed by atoms with Crippen molar-refractivity contribution in [1.29, 1.82) is 0 Å². The van der Waals surface area contributed by atoms with Gasteiger partial charge in [0.05, 0.1) is 18.1 Å². The summed E-state index contributed by atoms with van der Waals surface area (Å²) in [6, 6.07) is 3.22. The van der Waals surface area contributed by atoms with Gasteiger partial charge in [-0.1, -0.05) is 0 Å². The molecule has 1 aromatic rings. The summed E-state index contributed by atoms with van der Waals surface area (Å²) in [5.41, 5.74) is 0. The van der Waals surface area contributed by atoms with E-state index in [-0.39, 0.29) is 12.0 Å². The average Bonchev–Trinajstić information content (AvgIpc) is 3.05. The van der Waals surface area contributed by atoms with Crippen LogP contribution in [0.2, 0.25) is 0 Å². The zero-order valence-electron chi connectivity index (χ0n) is 10.1. The van der Waals surface area contributed by atoms with Crippen LogP contribution >= 0.6 is 11.3 Å². The smallest absolute Gasteiger partial charge is 0.348 e. The molecule has 1 N–H and O–H groups in total. The molecule has 1 aromatic heterocycles. The van der Waals surface area contributed by atoms with Crippen molar-refractivity contribution in [3.63, 3.8) is 0 Å². The van der Waals surface area contributed by atoms with Crippen LogP contribution in [0.5, 0.6) is 0 Å². The van der Waals surface area contributed by atoms with Gasteiger partial charge in [-0.25, -0.2) is 4.79 Å². The van der Waals surface area contributed by atoms with E-state index in [9.17, 15) is 9.59 Å². The molecule has 0 bridgehead atoms. The van der Waals surface area contributed by atoms with Gasteiger partial charge in [-0.05, 0) is 25.0 Å². The number of carbonyl (C=O) groups excluding carboxylic acids is 2. The Hall–Kier alpha value is -1.40. The molecule has 1 aliphatic heterocycles. The molecule has 1 unspecified atom stereocenters. The average molecular weight is 269 g/mol. The van der Waals surface area contributed by atoms with Crippen LogP contribution in [-0.2, 0) is 9.47 Å². The van der Waals surface area contributed by atoms with Crippen LogP contribution < -0.4 is 5.32 Å². The maximum absolute atomic E-state index is 11.8. The lowest BCUT2D eigenvalue weighted by molar-refractivity contribution is 0.0606. The molecule has 18 heavy (non-hydrogen) atoms. The zero-order valence-corrected chi connectivity index (χ0v) is 10.9. The van der Waals surface area contributed by atoms with Crippen LogP contribution in [0.15, 0.2) is 12.1 Å². The minimum Gasteiger partial charge on any atom is -0.465 e. The molecule has 5 nitrogen and oxygen atoms in total. The van der Waals surface area contributed by atoms with Gasteiger partial charge in [-0.3, -0.25) is 4.79 Å². The zero-order chi connectivity index (χ0) is 13.0. The first kappa shape index (κ1) is 13.0. The van der Waals surface area contributed by atoms with Crippen molar-refractivity contribution in [2.45, 2.75) is 18.9 Å². The second-order valence-electron chi connectivity index (χ2n) is 4.00. The first-order valence-corrected chi connectivity index (χ1v) is 6.60. The minimum absolute atomic E-state index is 0.119. The van der Waals surface area contributed by atoms with E-state index in [1.54, 1.807) is 12.1 Å². The summed E-state index contributed by atoms with van der Waals surface area (Å²) >= 11 is 1.13. The van der Waals surface area contributed by atoms with Gasteiger partial charge < -0.3 is 14.8 Å². The molecule has 0 radical (unpaired) electrons. The Balaban J connectivity index is 1.88. The van der Waals surface area contributed by atoms with Crippen molar-refractivity contribution >= 4 is 23.2 Å². The number of thiophene rings is 1. The SMILES string of the molecule is COC(=O)c1ccc(C(=O)NCC2CCCO2)s1. The number of ether oxygens (including phenoxy) is 2. The van der Waals surface area contributed by atoms with Crippen molar-refractivity contribution in [3.05, 3.63) is 21.9 Å². The lowest BCUT2D eigenvalue weighted by Gasteiger charge is -2.09. The maximum atomic E-state index is 11.8. The Morgan fingerprint density at radius 2 is 2.28 bits per heavy atom. The van der Waals surface area contributed by atoms with Gasteiger partial charge in [0.1, 0.15) is 4.88 Å². The van der Waals surface area contributed by atoms with E-state index in [4.69, 9.17) is 4.74 Å². The van der Waals surface area contributed by atoms with Crippen LogP contribution in [0.1, 0.15) is 32.2 Å². The van der Waals surface area contributed by atoms with Crippen molar-refractivity contribution < 1.29 is 19.1 Å². The number of rotatable bonds is 4. The standard InChI is InChI=1S/C12H15NO4S/c1-16-12(15)10-5-4-9(18-10)11(14)13-7-8-3-2-6-17-8/h4-5,8H,2-3,6-7H2,1H3,(H,13,14). The highest BCUT2D eigenvalue weighted by Crippen LogP contribution is 2.17. The Morgan fingerprint density at radius 1 is 1.50 bits per heavy atom. The predicted octanol–water partition coefficient (Wildman–Crippen LogP) is 1.44. The highest BCUT2D eigenvalue weighted by Gasteiger charge is 2.18. The minimum atomic E-state index is -0.418. The topological polar surface area (TPSA) is 64.6 Å². The highest BCUT2D eigenvalue weighted by molar-refractivity contribution is 7.15. The van der Waals surface area contributed by atoms with Gasteiger partial charge >= 0.3 is 5.97 Å². The molecular formula is C12H15NO4S. The van der Waals surface area contributed by atoms with E-state index in [0.29, 0.717) is 16.3 Å². The van der Waals surface area contributed by atoms with Crippen LogP contribution in [0.25, 0.3) is 0 Å². The van der Waals surface area contributed by atoms with E-state index in [1.807, 2.05) is 0 Å². The van der Waals surface area contributed by atoms with Gasteiger partial charge in [0.25, 0.3) is 5.91 Å². The van der Waals surface area contributed by atoms with Crippen molar-refractivity contribution in [2.75, 3.05) is 20.3 Å². The number of amides is 1. The van der Waals surface area contributed by atoms with E-state index >= 15 is 0 Å². The lowest BCUT2D eigenvalue weighted by atomic mass is 10.2. The van der Waals surface area contributed by atoms with E-state index in [2.05, 4.69) is 10.1 Å². The first-order chi connectivity index (χ1) is 8.70. The Morgan fingerprint density at radius 3 is 2.94 bits per heavy atom. The van der Waals surface area contributed by atoms with Crippen LogP contribution in [-0.4, -0.2) is 38.2 Å². The van der Waals surface area contributed by atoms with Crippen LogP contribution in [0, 0.1) is 0 Å². The summed E-state index contributed by atoms with van der Waals surface area (Å²) < 4.78 is 10.0. The molecule has 1 atom stereocenters. The van der Waals surface area contributed by atoms with Crippen molar-refractivity contribution in [1.82, 2.24) is 5.32 Å². The number of hydrogen-bond donors (Lipinski definition) is 1. The summed E-state index contributed by atoms with van der Waals surface area (Å²) in [6.45, 7) is 1.29. The van der Waals surface area contributed by atoms with Gasteiger partial charge in [0, 0.05) is 13.2 Å². The van der Waals surface area contributed by atoms with Gasteiger partial charge in [-0.2, -0.15) is 0 Å². The summed E-state index contributed by atoms with van der Waals surface area (Å²) in [7, 11) is 1.32. The third-order valence-electron chi connectivity index (χ3n) is 2.73. The molecule has 0 aromatic carbocycles. The summed E-state index contributed by atoms with van der Waals surface area (Å²) in [5.74, 6) is -0.594. The molecule has 1 amide bonds. The predicted molar refractivity (Wildman–Crippen MR) is 67.0 cm³/mol. The molecule has 0 aliphatic carbocycles. The fourth-order valence-electron chi connectivity index (χ4n) is 1.77. The van der Waals surface area contributed by atoms with Gasteiger partial charge in [0.2, 0.25) is 0 Å². The molecule has 1 saturated heterocycles. The van der Waals surface area contributed by atoms with Crippen molar-refractivity contribution in [2.24, 2.45) is 0 Å².